The van der Waals surface area contributed by atoms with Crippen molar-refractivity contribution >= 4 is 31.7 Å². The van der Waals surface area contributed by atoms with Crippen LogP contribution in [-0.2, 0) is 24.7 Å². The first-order valence-electron chi connectivity index (χ1n) is 9.42. The van der Waals surface area contributed by atoms with Gasteiger partial charge in [-0.15, -0.1) is 0 Å². The first kappa shape index (κ1) is 21.8. The van der Waals surface area contributed by atoms with Crippen molar-refractivity contribution in [2.45, 2.75) is 37.6 Å². The minimum absolute atomic E-state index is 0.0511. The summed E-state index contributed by atoms with van der Waals surface area (Å²) in [6.45, 7) is 4.00. The molecule has 3 rings (SSSR count). The fourth-order valence-corrected chi connectivity index (χ4v) is 6.32. The smallest absolute Gasteiger partial charge is 0.287 e. The molecule has 2 fully saturated rings. The lowest BCUT2D eigenvalue weighted by Gasteiger charge is -2.29. The standard InChI is InChI=1S/C17H25N3O7S2/c1-12(17(22)19-7-9-28(23,24)10-8-19)18-16(21)14-11-15(13(2)27-14)29(25,26)20-5-3-4-6-20/h11-12H,3-10H2,1-2H3,(H,18,21). The van der Waals surface area contributed by atoms with Crippen molar-refractivity contribution in [3.8, 4) is 0 Å². The number of sulfone groups is 1. The van der Waals surface area contributed by atoms with Gasteiger partial charge in [0.25, 0.3) is 5.91 Å². The maximum Gasteiger partial charge on any atom is 0.287 e. The van der Waals surface area contributed by atoms with E-state index in [4.69, 9.17) is 4.42 Å². The zero-order chi connectivity index (χ0) is 21.4. The van der Waals surface area contributed by atoms with Gasteiger partial charge in [-0.1, -0.05) is 0 Å². The number of hydrogen-bond donors (Lipinski definition) is 1. The molecular formula is C17H25N3O7S2. The van der Waals surface area contributed by atoms with Gasteiger partial charge in [0.1, 0.15) is 16.7 Å². The summed E-state index contributed by atoms with van der Waals surface area (Å²) in [7, 11) is -6.85. The second-order valence-electron chi connectivity index (χ2n) is 7.31. The van der Waals surface area contributed by atoms with E-state index in [2.05, 4.69) is 5.32 Å². The average molecular weight is 448 g/mol. The molecule has 1 aromatic heterocycles. The first-order chi connectivity index (χ1) is 13.5. The van der Waals surface area contributed by atoms with Gasteiger partial charge in [0.15, 0.2) is 15.6 Å². The zero-order valence-corrected chi connectivity index (χ0v) is 18.0. The Labute approximate surface area is 170 Å². The highest BCUT2D eigenvalue weighted by Gasteiger charge is 2.33. The number of amides is 2. The third kappa shape index (κ3) is 4.64. The molecule has 2 amide bonds. The van der Waals surface area contributed by atoms with E-state index in [1.165, 1.54) is 29.1 Å². The van der Waals surface area contributed by atoms with Gasteiger partial charge in [-0.25, -0.2) is 16.8 Å². The van der Waals surface area contributed by atoms with Crippen LogP contribution in [-0.4, -0.2) is 81.6 Å². The quantitative estimate of drug-likeness (QED) is 0.658. The minimum atomic E-state index is -3.73. The fraction of sp³-hybridized carbons (Fsp3) is 0.647. The summed E-state index contributed by atoms with van der Waals surface area (Å²) in [5, 5.41) is 2.49. The Kier molecular flexibility index (Phi) is 6.06. The number of aryl methyl sites for hydroxylation is 1. The van der Waals surface area contributed by atoms with E-state index >= 15 is 0 Å². The Bertz CT molecular complexity index is 994. The normalized spacial score (nSPS) is 21.1. The Morgan fingerprint density at radius 3 is 2.31 bits per heavy atom. The number of rotatable bonds is 5. The van der Waals surface area contributed by atoms with E-state index in [0.29, 0.717) is 13.1 Å². The van der Waals surface area contributed by atoms with Crippen molar-refractivity contribution < 1.29 is 30.8 Å². The average Bonchev–Trinajstić information content (AvgIpc) is 3.31. The van der Waals surface area contributed by atoms with Crippen LogP contribution in [0.15, 0.2) is 15.4 Å². The molecule has 2 aliphatic heterocycles. The lowest BCUT2D eigenvalue weighted by atomic mass is 10.2. The van der Waals surface area contributed by atoms with E-state index in [-0.39, 0.29) is 41.0 Å². The largest absolute Gasteiger partial charge is 0.455 e. The van der Waals surface area contributed by atoms with E-state index in [9.17, 15) is 26.4 Å². The van der Waals surface area contributed by atoms with Gasteiger partial charge >= 0.3 is 0 Å². The molecule has 0 bridgehead atoms. The van der Waals surface area contributed by atoms with Gasteiger partial charge < -0.3 is 14.6 Å². The third-order valence-electron chi connectivity index (χ3n) is 5.15. The summed E-state index contributed by atoms with van der Waals surface area (Å²) in [5.41, 5.74) is 0. The van der Waals surface area contributed by atoms with Crippen LogP contribution in [0.2, 0.25) is 0 Å². The summed E-state index contributed by atoms with van der Waals surface area (Å²) >= 11 is 0. The van der Waals surface area contributed by atoms with Crippen molar-refractivity contribution in [2.24, 2.45) is 0 Å². The molecule has 0 aliphatic carbocycles. The van der Waals surface area contributed by atoms with Gasteiger partial charge in [-0.05, 0) is 26.7 Å². The van der Waals surface area contributed by atoms with Crippen LogP contribution in [0.5, 0.6) is 0 Å². The Morgan fingerprint density at radius 2 is 1.72 bits per heavy atom. The first-order valence-corrected chi connectivity index (χ1v) is 12.7. The van der Waals surface area contributed by atoms with E-state index in [1.807, 2.05) is 0 Å². The summed E-state index contributed by atoms with van der Waals surface area (Å²) in [5.74, 6) is -1.39. The minimum Gasteiger partial charge on any atom is -0.455 e. The van der Waals surface area contributed by atoms with Crippen molar-refractivity contribution in [3.05, 3.63) is 17.6 Å². The van der Waals surface area contributed by atoms with E-state index in [0.717, 1.165) is 12.8 Å². The fourth-order valence-electron chi connectivity index (χ4n) is 3.44. The molecule has 1 N–H and O–H groups in total. The molecule has 12 heteroatoms. The van der Waals surface area contributed by atoms with Crippen molar-refractivity contribution in [2.75, 3.05) is 37.7 Å². The number of sulfonamides is 1. The van der Waals surface area contributed by atoms with Crippen LogP contribution in [0, 0.1) is 6.92 Å². The summed E-state index contributed by atoms with van der Waals surface area (Å²) < 4.78 is 55.1. The molecule has 1 atom stereocenters. The lowest BCUT2D eigenvalue weighted by Crippen LogP contribution is -2.51. The monoisotopic (exact) mass is 447 g/mol. The number of furan rings is 1. The number of hydrogen-bond acceptors (Lipinski definition) is 7. The van der Waals surface area contributed by atoms with Crippen LogP contribution in [0.25, 0.3) is 0 Å². The molecule has 0 radical (unpaired) electrons. The van der Waals surface area contributed by atoms with Crippen LogP contribution >= 0.6 is 0 Å². The molecule has 0 spiro atoms. The van der Waals surface area contributed by atoms with Crippen molar-refractivity contribution in [1.29, 1.82) is 0 Å². The van der Waals surface area contributed by atoms with E-state index in [1.54, 1.807) is 0 Å². The summed E-state index contributed by atoms with van der Waals surface area (Å²) in [6.07, 6.45) is 1.59. The second kappa shape index (κ2) is 8.07. The summed E-state index contributed by atoms with van der Waals surface area (Å²) in [6, 6.07) is 0.274. The molecule has 29 heavy (non-hydrogen) atoms. The topological polar surface area (TPSA) is 134 Å². The summed E-state index contributed by atoms with van der Waals surface area (Å²) in [4.78, 5) is 26.3. The Hall–Kier alpha value is -1.92. The molecule has 162 valence electrons. The Balaban J connectivity index is 1.67. The number of nitrogens with zero attached hydrogens (tertiary/aromatic N) is 2. The predicted octanol–water partition coefficient (Wildman–Crippen LogP) is -0.252. The SMILES string of the molecule is Cc1oc(C(=O)NC(C)C(=O)N2CCS(=O)(=O)CC2)cc1S(=O)(=O)N1CCCC1. The molecule has 2 saturated heterocycles. The zero-order valence-electron chi connectivity index (χ0n) is 16.4. The highest BCUT2D eigenvalue weighted by atomic mass is 32.2. The molecule has 1 aromatic rings. The van der Waals surface area contributed by atoms with Crippen LogP contribution in [0.4, 0.5) is 0 Å². The molecule has 10 nitrogen and oxygen atoms in total. The Morgan fingerprint density at radius 1 is 1.14 bits per heavy atom. The highest BCUT2D eigenvalue weighted by Crippen LogP contribution is 2.26. The number of nitrogens with one attached hydrogen (secondary N) is 1. The maximum atomic E-state index is 12.7. The third-order valence-corrected chi connectivity index (χ3v) is 8.77. The predicted molar refractivity (Wildman–Crippen MR) is 104 cm³/mol. The van der Waals surface area contributed by atoms with Crippen LogP contribution in [0.3, 0.4) is 0 Å². The molecule has 0 saturated carbocycles. The van der Waals surface area contributed by atoms with E-state index < -0.39 is 37.7 Å². The maximum absolute atomic E-state index is 12.7. The lowest BCUT2D eigenvalue weighted by molar-refractivity contribution is -0.132. The molecule has 1 unspecified atom stereocenters. The van der Waals surface area contributed by atoms with Crippen LogP contribution in [0.1, 0.15) is 36.1 Å². The van der Waals surface area contributed by atoms with Crippen molar-refractivity contribution in [1.82, 2.24) is 14.5 Å². The van der Waals surface area contributed by atoms with Gasteiger partial charge in [-0.2, -0.15) is 4.31 Å². The van der Waals surface area contributed by atoms with Gasteiger partial charge in [0, 0.05) is 32.2 Å². The molecular weight excluding hydrogens is 422 g/mol. The second-order valence-corrected chi connectivity index (χ2v) is 11.5. The van der Waals surface area contributed by atoms with Crippen LogP contribution < -0.4 is 5.32 Å². The van der Waals surface area contributed by atoms with Gasteiger partial charge in [0.05, 0.1) is 11.5 Å². The number of carbonyl (C=O) groups is 2. The highest BCUT2D eigenvalue weighted by molar-refractivity contribution is 7.91. The van der Waals surface area contributed by atoms with Crippen molar-refractivity contribution in [3.63, 3.8) is 0 Å². The number of carbonyl (C=O) groups excluding carboxylic acids is 2. The van der Waals surface area contributed by atoms with Gasteiger partial charge in [0.2, 0.25) is 15.9 Å². The molecule has 2 aliphatic rings. The van der Waals surface area contributed by atoms with Gasteiger partial charge in [-0.3, -0.25) is 9.59 Å². The molecule has 0 aromatic carbocycles. The molecule has 3 heterocycles.